The summed E-state index contributed by atoms with van der Waals surface area (Å²) in [6, 6.07) is 12.9. The normalized spacial score (nSPS) is 10.9. The van der Waals surface area contributed by atoms with Gasteiger partial charge in [0.15, 0.2) is 0 Å². The number of hydrogen-bond donors (Lipinski definition) is 2. The van der Waals surface area contributed by atoms with Crippen LogP contribution in [0.25, 0.3) is 10.9 Å². The lowest BCUT2D eigenvalue weighted by Crippen LogP contribution is -1.89. The third-order valence-corrected chi connectivity index (χ3v) is 3.12. The smallest absolute Gasteiger partial charge is 0.117 e. The number of nitrogens with one attached hydrogen (secondary N) is 1. The number of halogens is 1. The molecule has 18 heavy (non-hydrogen) atoms. The average molecular weight is 259 g/mol. The van der Waals surface area contributed by atoms with Gasteiger partial charge in [0.1, 0.15) is 5.75 Å². The SMILES string of the molecule is Oc1ccc2c(Cc3cccc(Cl)c3)[nH]nc2c1. The van der Waals surface area contributed by atoms with Gasteiger partial charge >= 0.3 is 0 Å². The summed E-state index contributed by atoms with van der Waals surface area (Å²) in [5.41, 5.74) is 2.92. The number of fused-ring (bicyclic) bond motifs is 1. The van der Waals surface area contributed by atoms with Gasteiger partial charge in [-0.3, -0.25) is 5.10 Å². The Kier molecular flexibility index (Phi) is 2.68. The molecule has 0 saturated heterocycles. The van der Waals surface area contributed by atoms with Gasteiger partial charge in [0.05, 0.1) is 5.52 Å². The Labute approximate surface area is 109 Å². The fraction of sp³-hybridized carbons (Fsp3) is 0.0714. The van der Waals surface area contributed by atoms with Crippen molar-refractivity contribution >= 4 is 22.5 Å². The van der Waals surface area contributed by atoms with Gasteiger partial charge in [-0.05, 0) is 29.8 Å². The molecule has 0 aliphatic heterocycles. The first-order chi connectivity index (χ1) is 8.72. The van der Waals surface area contributed by atoms with Crippen molar-refractivity contribution in [3.8, 4) is 5.75 Å². The van der Waals surface area contributed by atoms with E-state index in [4.69, 9.17) is 11.6 Å². The minimum Gasteiger partial charge on any atom is -0.508 e. The highest BCUT2D eigenvalue weighted by atomic mass is 35.5. The van der Waals surface area contributed by atoms with Gasteiger partial charge in [-0.1, -0.05) is 23.7 Å². The minimum absolute atomic E-state index is 0.225. The molecule has 0 saturated carbocycles. The lowest BCUT2D eigenvalue weighted by Gasteiger charge is -2.00. The third kappa shape index (κ3) is 2.05. The van der Waals surface area contributed by atoms with Gasteiger partial charge < -0.3 is 5.11 Å². The van der Waals surface area contributed by atoms with Crippen molar-refractivity contribution in [1.82, 2.24) is 10.2 Å². The molecular weight excluding hydrogens is 248 g/mol. The van der Waals surface area contributed by atoms with Gasteiger partial charge in [0.25, 0.3) is 0 Å². The van der Waals surface area contributed by atoms with Crippen LogP contribution in [0.5, 0.6) is 5.75 Å². The molecule has 0 bridgehead atoms. The predicted molar refractivity (Wildman–Crippen MR) is 72.0 cm³/mol. The van der Waals surface area contributed by atoms with E-state index < -0.39 is 0 Å². The van der Waals surface area contributed by atoms with Crippen molar-refractivity contribution in [3.05, 3.63) is 58.7 Å². The second kappa shape index (κ2) is 4.35. The van der Waals surface area contributed by atoms with Crippen LogP contribution in [0.1, 0.15) is 11.3 Å². The Morgan fingerprint density at radius 3 is 2.89 bits per heavy atom. The maximum Gasteiger partial charge on any atom is 0.117 e. The van der Waals surface area contributed by atoms with E-state index >= 15 is 0 Å². The highest BCUT2D eigenvalue weighted by Gasteiger charge is 2.06. The highest BCUT2D eigenvalue weighted by Crippen LogP contribution is 2.23. The van der Waals surface area contributed by atoms with Crippen molar-refractivity contribution in [2.45, 2.75) is 6.42 Å². The molecule has 0 radical (unpaired) electrons. The van der Waals surface area contributed by atoms with Crippen LogP contribution in [0.4, 0.5) is 0 Å². The first-order valence-corrected chi connectivity index (χ1v) is 6.00. The fourth-order valence-corrected chi connectivity index (χ4v) is 2.25. The van der Waals surface area contributed by atoms with Crippen LogP contribution in [-0.2, 0) is 6.42 Å². The fourth-order valence-electron chi connectivity index (χ4n) is 2.04. The summed E-state index contributed by atoms with van der Waals surface area (Å²) in [6.45, 7) is 0. The standard InChI is InChI=1S/C14H11ClN2O/c15-10-3-1-2-9(6-10)7-13-12-5-4-11(18)8-14(12)17-16-13/h1-6,8,18H,7H2,(H,16,17). The van der Waals surface area contributed by atoms with Crippen molar-refractivity contribution in [1.29, 1.82) is 0 Å². The number of benzene rings is 2. The summed E-state index contributed by atoms with van der Waals surface area (Å²) in [7, 11) is 0. The number of rotatable bonds is 2. The van der Waals surface area contributed by atoms with Crippen LogP contribution < -0.4 is 0 Å². The van der Waals surface area contributed by atoms with Gasteiger partial charge in [-0.15, -0.1) is 0 Å². The maximum absolute atomic E-state index is 9.39. The third-order valence-electron chi connectivity index (χ3n) is 2.89. The van der Waals surface area contributed by atoms with Gasteiger partial charge in [0.2, 0.25) is 0 Å². The summed E-state index contributed by atoms with van der Waals surface area (Å²) >= 11 is 5.97. The Morgan fingerprint density at radius 2 is 2.06 bits per heavy atom. The summed E-state index contributed by atoms with van der Waals surface area (Å²) in [5, 5.41) is 18.3. The molecule has 0 aliphatic carbocycles. The zero-order chi connectivity index (χ0) is 12.5. The lowest BCUT2D eigenvalue weighted by atomic mass is 10.1. The van der Waals surface area contributed by atoms with Gasteiger partial charge in [-0.2, -0.15) is 5.10 Å². The molecular formula is C14H11ClN2O. The largest absolute Gasteiger partial charge is 0.508 e. The molecule has 0 spiro atoms. The van der Waals surface area contributed by atoms with E-state index in [0.29, 0.717) is 0 Å². The van der Waals surface area contributed by atoms with Crippen molar-refractivity contribution < 1.29 is 5.11 Å². The molecule has 0 fully saturated rings. The van der Waals surface area contributed by atoms with Gasteiger partial charge in [-0.25, -0.2) is 0 Å². The molecule has 90 valence electrons. The molecule has 3 aromatic rings. The number of phenols is 1. The Balaban J connectivity index is 2.00. The predicted octanol–water partition coefficient (Wildman–Crippen LogP) is 3.51. The van der Waals surface area contributed by atoms with Crippen molar-refractivity contribution in [3.63, 3.8) is 0 Å². The Hall–Kier alpha value is -2.00. The zero-order valence-electron chi connectivity index (χ0n) is 9.52. The average Bonchev–Trinajstić information content (AvgIpc) is 2.72. The van der Waals surface area contributed by atoms with Crippen molar-refractivity contribution in [2.24, 2.45) is 0 Å². The summed E-state index contributed by atoms with van der Waals surface area (Å²) in [6.07, 6.45) is 0.738. The first-order valence-electron chi connectivity index (χ1n) is 5.63. The molecule has 3 nitrogen and oxygen atoms in total. The zero-order valence-corrected chi connectivity index (χ0v) is 10.3. The number of aromatic nitrogens is 2. The van der Waals surface area contributed by atoms with E-state index in [9.17, 15) is 5.11 Å². The van der Waals surface area contributed by atoms with E-state index in [1.54, 1.807) is 12.1 Å². The summed E-state index contributed by atoms with van der Waals surface area (Å²) in [4.78, 5) is 0. The Morgan fingerprint density at radius 1 is 1.17 bits per heavy atom. The second-order valence-corrected chi connectivity index (χ2v) is 4.65. The molecule has 2 N–H and O–H groups in total. The number of hydrogen-bond acceptors (Lipinski definition) is 2. The molecule has 2 aromatic carbocycles. The summed E-state index contributed by atoms with van der Waals surface area (Å²) in [5.74, 6) is 0.225. The van der Waals surface area contributed by atoms with E-state index in [1.807, 2.05) is 30.3 Å². The molecule has 1 heterocycles. The van der Waals surface area contributed by atoms with Crippen LogP contribution in [0.2, 0.25) is 5.02 Å². The van der Waals surface area contributed by atoms with Crippen LogP contribution in [0.3, 0.4) is 0 Å². The number of nitrogens with zero attached hydrogens (tertiary/aromatic N) is 1. The number of aromatic amines is 1. The van der Waals surface area contributed by atoms with Gasteiger partial charge in [0, 0.05) is 28.6 Å². The van der Waals surface area contributed by atoms with Crippen LogP contribution in [0.15, 0.2) is 42.5 Å². The first kappa shape index (κ1) is 11.1. The Bertz CT molecular complexity index is 706. The van der Waals surface area contributed by atoms with E-state index in [1.165, 1.54) is 0 Å². The number of aromatic hydroxyl groups is 1. The van der Waals surface area contributed by atoms with Crippen LogP contribution >= 0.6 is 11.6 Å². The van der Waals surface area contributed by atoms with E-state index in [0.717, 1.165) is 33.6 Å². The van der Waals surface area contributed by atoms with E-state index in [-0.39, 0.29) is 5.75 Å². The molecule has 0 atom stereocenters. The second-order valence-electron chi connectivity index (χ2n) is 4.21. The number of H-pyrrole nitrogens is 1. The minimum atomic E-state index is 0.225. The summed E-state index contributed by atoms with van der Waals surface area (Å²) < 4.78 is 0. The molecule has 0 unspecified atom stereocenters. The van der Waals surface area contributed by atoms with Crippen LogP contribution in [0, 0.1) is 0 Å². The van der Waals surface area contributed by atoms with Crippen LogP contribution in [-0.4, -0.2) is 15.3 Å². The molecule has 0 aliphatic rings. The monoisotopic (exact) mass is 258 g/mol. The molecule has 1 aromatic heterocycles. The maximum atomic E-state index is 9.39. The molecule has 3 rings (SSSR count). The quantitative estimate of drug-likeness (QED) is 0.739. The number of phenolic OH excluding ortho intramolecular Hbond substituents is 1. The lowest BCUT2D eigenvalue weighted by molar-refractivity contribution is 0.476. The van der Waals surface area contributed by atoms with E-state index in [2.05, 4.69) is 10.2 Å². The topological polar surface area (TPSA) is 48.9 Å². The van der Waals surface area contributed by atoms with Crippen molar-refractivity contribution in [2.75, 3.05) is 0 Å². The highest BCUT2D eigenvalue weighted by molar-refractivity contribution is 6.30. The molecule has 4 heteroatoms. The molecule has 0 amide bonds.